The van der Waals surface area contributed by atoms with Gasteiger partial charge in [0.2, 0.25) is 17.7 Å². The molecule has 1 heterocycles. The number of hydrogen-bond donors (Lipinski definition) is 5. The monoisotopic (exact) mass is 519 g/mol. The van der Waals surface area contributed by atoms with Crippen molar-refractivity contribution in [1.29, 1.82) is 0 Å². The summed E-state index contributed by atoms with van der Waals surface area (Å²) in [6, 6.07) is 17.0. The van der Waals surface area contributed by atoms with Gasteiger partial charge in [-0.1, -0.05) is 55.5 Å². The van der Waals surface area contributed by atoms with Gasteiger partial charge in [-0.3, -0.25) is 19.4 Å². The molecule has 0 bridgehead atoms. The van der Waals surface area contributed by atoms with Gasteiger partial charge in [0, 0.05) is 31.6 Å². The molecule has 0 fully saturated rings. The van der Waals surface area contributed by atoms with Crippen LogP contribution < -0.4 is 27.8 Å². The van der Waals surface area contributed by atoms with Gasteiger partial charge in [0.05, 0.1) is 29.4 Å². The van der Waals surface area contributed by atoms with Crippen molar-refractivity contribution in [2.45, 2.75) is 31.8 Å². The normalized spacial score (nSPS) is 13.4. The summed E-state index contributed by atoms with van der Waals surface area (Å²) in [6.45, 7) is 2.76. The molecule has 3 aromatic rings. The zero-order valence-corrected chi connectivity index (χ0v) is 21.7. The van der Waals surface area contributed by atoms with Gasteiger partial charge in [-0.25, -0.2) is 0 Å². The highest BCUT2D eigenvalue weighted by Crippen LogP contribution is 2.17. The Morgan fingerprint density at radius 2 is 1.61 bits per heavy atom. The average Bonchev–Trinajstić information content (AvgIpc) is 2.94. The maximum atomic E-state index is 13.3. The van der Waals surface area contributed by atoms with E-state index >= 15 is 0 Å². The van der Waals surface area contributed by atoms with Crippen LogP contribution in [0.4, 0.5) is 5.69 Å². The molecule has 38 heavy (non-hydrogen) atoms. The van der Waals surface area contributed by atoms with Crippen LogP contribution in [0.3, 0.4) is 0 Å². The van der Waals surface area contributed by atoms with Crippen molar-refractivity contribution < 1.29 is 14.4 Å². The summed E-state index contributed by atoms with van der Waals surface area (Å²) >= 11 is 0. The predicted molar refractivity (Wildman–Crippen MR) is 149 cm³/mol. The van der Waals surface area contributed by atoms with E-state index in [9.17, 15) is 14.4 Å². The third kappa shape index (κ3) is 7.82. The van der Waals surface area contributed by atoms with Crippen LogP contribution in [0.1, 0.15) is 18.9 Å². The van der Waals surface area contributed by atoms with E-state index in [2.05, 4.69) is 15.6 Å². The predicted octanol–water partition coefficient (Wildman–Crippen LogP) is 1.00. The number of anilines is 1. The van der Waals surface area contributed by atoms with Crippen LogP contribution in [0.5, 0.6) is 0 Å². The molecule has 0 aliphatic heterocycles. The number of hydrogen-bond acceptors (Lipinski definition) is 7. The van der Waals surface area contributed by atoms with Crippen LogP contribution >= 0.6 is 0 Å². The summed E-state index contributed by atoms with van der Waals surface area (Å²) in [6.07, 6.45) is 2.47. The summed E-state index contributed by atoms with van der Waals surface area (Å²) in [5.74, 6) is -2.12. The minimum atomic E-state index is -1.16. The van der Waals surface area contributed by atoms with Gasteiger partial charge < -0.3 is 32.7 Å². The Kier molecular flexibility index (Phi) is 10.7. The third-order valence-corrected chi connectivity index (χ3v) is 6.40. The van der Waals surface area contributed by atoms with E-state index in [1.54, 1.807) is 13.1 Å². The zero-order chi connectivity index (χ0) is 27.5. The van der Waals surface area contributed by atoms with Crippen molar-refractivity contribution in [3.8, 4) is 0 Å². The van der Waals surface area contributed by atoms with Gasteiger partial charge in [0.15, 0.2) is 0 Å². The maximum Gasteiger partial charge on any atom is 0.247 e. The lowest BCUT2D eigenvalue weighted by Crippen LogP contribution is -2.55. The van der Waals surface area contributed by atoms with E-state index in [1.165, 1.54) is 4.90 Å². The molecule has 0 radical (unpaired) electrons. The summed E-state index contributed by atoms with van der Waals surface area (Å²) in [4.78, 5) is 45.2. The minimum Gasteiger partial charge on any atom is -0.343 e. The summed E-state index contributed by atoms with van der Waals surface area (Å²) < 4.78 is 0. The van der Waals surface area contributed by atoms with E-state index in [0.717, 1.165) is 16.5 Å². The molecule has 3 amide bonds. The third-order valence-electron chi connectivity index (χ3n) is 6.40. The standard InChI is InChI=1S/C28H37N7O3/c1-19(28(38)35(15-13-29)16-14-30)25(31)27(37)34-24(12-11-20-7-3-2-4-8-20)26(36)33-22-17-21-9-5-6-10-23(21)32-18-22/h2-10,17-19,24-25H,11-16,29-31H2,1H3,(H,33,36)(H,34,37)/t19-,24+,25+/m1/s1. The van der Waals surface area contributed by atoms with Crippen molar-refractivity contribution in [2.75, 3.05) is 31.5 Å². The largest absolute Gasteiger partial charge is 0.343 e. The summed E-state index contributed by atoms with van der Waals surface area (Å²) in [5.41, 5.74) is 19.8. The van der Waals surface area contributed by atoms with Gasteiger partial charge in [-0.15, -0.1) is 0 Å². The lowest BCUT2D eigenvalue weighted by molar-refractivity contribution is -0.139. The average molecular weight is 520 g/mol. The lowest BCUT2D eigenvalue weighted by Gasteiger charge is -2.28. The topological polar surface area (TPSA) is 169 Å². The Labute approximate surface area is 222 Å². The second-order valence-electron chi connectivity index (χ2n) is 9.21. The number of carbonyl (C=O) groups is 3. The fraction of sp³-hybridized carbons (Fsp3) is 0.357. The van der Waals surface area contributed by atoms with E-state index in [0.29, 0.717) is 31.6 Å². The second-order valence-corrected chi connectivity index (χ2v) is 9.21. The van der Waals surface area contributed by atoms with Crippen molar-refractivity contribution >= 4 is 34.3 Å². The Hall–Kier alpha value is -3.86. The molecule has 0 spiro atoms. The molecule has 3 atom stereocenters. The summed E-state index contributed by atoms with van der Waals surface area (Å²) in [7, 11) is 0. The first-order valence-corrected chi connectivity index (χ1v) is 12.8. The first kappa shape index (κ1) is 28.7. The molecule has 0 saturated heterocycles. The Morgan fingerprint density at radius 1 is 0.947 bits per heavy atom. The molecular formula is C28H37N7O3. The van der Waals surface area contributed by atoms with Crippen LogP contribution in [0.2, 0.25) is 0 Å². The molecule has 0 aliphatic rings. The van der Waals surface area contributed by atoms with E-state index in [1.807, 2.05) is 60.7 Å². The van der Waals surface area contributed by atoms with Gasteiger partial charge in [0.25, 0.3) is 0 Å². The van der Waals surface area contributed by atoms with E-state index in [4.69, 9.17) is 17.2 Å². The number of nitrogens with two attached hydrogens (primary N) is 3. The number of fused-ring (bicyclic) bond motifs is 1. The second kappa shape index (κ2) is 14.2. The molecule has 0 aliphatic carbocycles. The first-order chi connectivity index (χ1) is 18.3. The molecule has 8 N–H and O–H groups in total. The minimum absolute atomic E-state index is 0.269. The summed E-state index contributed by atoms with van der Waals surface area (Å²) in [5, 5.41) is 6.50. The molecule has 202 valence electrons. The number of benzene rings is 2. The van der Waals surface area contributed by atoms with Crippen LogP contribution in [-0.2, 0) is 20.8 Å². The lowest BCUT2D eigenvalue weighted by atomic mass is 9.98. The van der Waals surface area contributed by atoms with Crippen LogP contribution in [0.15, 0.2) is 66.9 Å². The number of aryl methyl sites for hydroxylation is 1. The van der Waals surface area contributed by atoms with Gasteiger partial charge >= 0.3 is 0 Å². The first-order valence-electron chi connectivity index (χ1n) is 12.8. The van der Waals surface area contributed by atoms with E-state index in [-0.39, 0.29) is 19.0 Å². The van der Waals surface area contributed by atoms with Crippen molar-refractivity contribution in [2.24, 2.45) is 23.1 Å². The number of pyridine rings is 1. The van der Waals surface area contributed by atoms with Crippen molar-refractivity contribution in [3.05, 3.63) is 72.4 Å². The molecule has 1 aromatic heterocycles. The highest BCUT2D eigenvalue weighted by molar-refractivity contribution is 5.99. The fourth-order valence-corrected chi connectivity index (χ4v) is 4.17. The van der Waals surface area contributed by atoms with Crippen molar-refractivity contribution in [1.82, 2.24) is 15.2 Å². The Balaban J connectivity index is 1.73. The fourth-order valence-electron chi connectivity index (χ4n) is 4.17. The molecule has 0 saturated carbocycles. The molecule has 10 nitrogen and oxygen atoms in total. The number of nitrogens with one attached hydrogen (secondary N) is 2. The molecule has 0 unspecified atom stereocenters. The SMILES string of the molecule is C[C@@H](C(=O)N(CCN)CCN)[C@H](N)C(=O)N[C@@H](CCc1ccccc1)C(=O)Nc1cnc2ccccc2c1. The van der Waals surface area contributed by atoms with Crippen molar-refractivity contribution in [3.63, 3.8) is 0 Å². The number of carbonyl (C=O) groups excluding carboxylic acids is 3. The van der Waals surface area contributed by atoms with Crippen LogP contribution in [-0.4, -0.2) is 65.9 Å². The number of para-hydroxylation sites is 1. The van der Waals surface area contributed by atoms with E-state index < -0.39 is 29.8 Å². The number of rotatable bonds is 13. The molecule has 3 rings (SSSR count). The molecular weight excluding hydrogens is 482 g/mol. The number of nitrogens with zero attached hydrogens (tertiary/aromatic N) is 2. The molecule has 2 aromatic carbocycles. The number of amides is 3. The van der Waals surface area contributed by atoms with Crippen LogP contribution in [0.25, 0.3) is 10.9 Å². The van der Waals surface area contributed by atoms with Gasteiger partial charge in [-0.05, 0) is 30.5 Å². The Morgan fingerprint density at radius 3 is 2.29 bits per heavy atom. The van der Waals surface area contributed by atoms with Crippen LogP contribution in [0, 0.1) is 5.92 Å². The van der Waals surface area contributed by atoms with Gasteiger partial charge in [0.1, 0.15) is 6.04 Å². The maximum absolute atomic E-state index is 13.3. The number of aromatic nitrogens is 1. The smallest absolute Gasteiger partial charge is 0.247 e. The zero-order valence-electron chi connectivity index (χ0n) is 21.7. The molecule has 10 heteroatoms. The van der Waals surface area contributed by atoms with Gasteiger partial charge in [-0.2, -0.15) is 0 Å². The highest BCUT2D eigenvalue weighted by Gasteiger charge is 2.32. The quantitative estimate of drug-likeness (QED) is 0.224. The highest BCUT2D eigenvalue weighted by atomic mass is 16.2. The Bertz CT molecular complexity index is 1220.